The highest BCUT2D eigenvalue weighted by Gasteiger charge is 2.08. The number of nitrogens with one attached hydrogen (secondary N) is 1. The lowest BCUT2D eigenvalue weighted by Crippen LogP contribution is -2.10. The van der Waals surface area contributed by atoms with Crippen LogP contribution in [0.2, 0.25) is 0 Å². The second kappa shape index (κ2) is 9.77. The molecule has 0 amide bonds. The summed E-state index contributed by atoms with van der Waals surface area (Å²) in [6, 6.07) is 0. The van der Waals surface area contributed by atoms with Gasteiger partial charge in [-0.1, -0.05) is 42.5 Å². The molecule has 0 fully saturated rings. The van der Waals surface area contributed by atoms with Gasteiger partial charge in [-0.05, 0) is 43.4 Å². The Morgan fingerprint density at radius 2 is 2.05 bits per heavy atom. The van der Waals surface area contributed by atoms with Gasteiger partial charge in [-0.15, -0.1) is 0 Å². The van der Waals surface area contributed by atoms with Crippen LogP contribution in [-0.2, 0) is 0 Å². The van der Waals surface area contributed by atoms with Gasteiger partial charge in [0.2, 0.25) is 0 Å². The third-order valence-corrected chi connectivity index (χ3v) is 3.22. The van der Waals surface area contributed by atoms with E-state index in [0.717, 1.165) is 29.1 Å². The second-order valence-electron chi connectivity index (χ2n) is 4.50. The molecule has 0 saturated heterocycles. The topological polar surface area (TPSA) is 64.1 Å². The predicted octanol–water partition coefficient (Wildman–Crippen LogP) is 3.79. The third kappa shape index (κ3) is 6.77. The van der Waals surface area contributed by atoms with Crippen LogP contribution in [0.25, 0.3) is 0 Å². The average molecular weight is 301 g/mol. The minimum atomic E-state index is 0.730. The van der Waals surface area contributed by atoms with Gasteiger partial charge in [0.15, 0.2) is 0 Å². The monoisotopic (exact) mass is 301 g/mol. The summed E-state index contributed by atoms with van der Waals surface area (Å²) in [5, 5.41) is 1.97. The lowest BCUT2D eigenvalue weighted by atomic mass is 10.1. The van der Waals surface area contributed by atoms with Crippen LogP contribution in [0.1, 0.15) is 20.3 Å². The first-order valence-corrected chi connectivity index (χ1v) is 7.69. The zero-order valence-electron chi connectivity index (χ0n) is 12.5. The van der Waals surface area contributed by atoms with E-state index in [4.69, 9.17) is 11.5 Å². The lowest BCUT2D eigenvalue weighted by Gasteiger charge is -2.11. The Bertz CT molecular complexity index is 542. The Hall–Kier alpha value is -2.07. The largest absolute Gasteiger partial charge is 0.402 e. The summed E-state index contributed by atoms with van der Waals surface area (Å²) < 4.78 is 3.29. The first-order chi connectivity index (χ1) is 10.1. The maximum atomic E-state index is 6.10. The van der Waals surface area contributed by atoms with Crippen LogP contribution in [0.4, 0.5) is 0 Å². The minimum absolute atomic E-state index is 0.730. The molecule has 0 unspecified atom stereocenters. The number of hydrogen-bond acceptors (Lipinski definition) is 4. The summed E-state index contributed by atoms with van der Waals surface area (Å²) in [4.78, 5) is 0. The van der Waals surface area contributed by atoms with Gasteiger partial charge in [-0.2, -0.15) is 0 Å². The van der Waals surface area contributed by atoms with Crippen molar-refractivity contribution in [3.8, 4) is 0 Å². The molecule has 0 aliphatic heterocycles. The molecule has 5 N–H and O–H groups in total. The summed E-state index contributed by atoms with van der Waals surface area (Å²) in [5.74, 6) is 0. The van der Waals surface area contributed by atoms with Crippen molar-refractivity contribution in [2.45, 2.75) is 20.3 Å². The number of rotatable bonds is 6. The molecule has 1 rings (SSSR count). The SMILES string of the molecule is C\C=C/C=C\C=C\SNC1=CC=CCC(N)=C1/C=C(/C)N. The van der Waals surface area contributed by atoms with Crippen molar-refractivity contribution in [3.63, 3.8) is 0 Å². The molecule has 0 aromatic heterocycles. The van der Waals surface area contributed by atoms with Gasteiger partial charge in [-0.25, -0.2) is 0 Å². The molecule has 1 aliphatic rings. The van der Waals surface area contributed by atoms with Gasteiger partial charge < -0.3 is 16.2 Å². The molecular weight excluding hydrogens is 278 g/mol. The molecule has 0 spiro atoms. The van der Waals surface area contributed by atoms with E-state index in [9.17, 15) is 0 Å². The molecule has 1 aliphatic carbocycles. The Labute approximate surface area is 131 Å². The first-order valence-electron chi connectivity index (χ1n) is 6.81. The number of allylic oxidation sites excluding steroid dienone is 10. The van der Waals surface area contributed by atoms with E-state index in [2.05, 4.69) is 4.72 Å². The van der Waals surface area contributed by atoms with Crippen molar-refractivity contribution in [2.24, 2.45) is 11.5 Å². The van der Waals surface area contributed by atoms with Crippen LogP contribution in [-0.4, -0.2) is 0 Å². The highest BCUT2D eigenvalue weighted by Crippen LogP contribution is 2.20. The fourth-order valence-corrected chi connectivity index (χ4v) is 2.18. The lowest BCUT2D eigenvalue weighted by molar-refractivity contribution is 1.10. The molecule has 21 heavy (non-hydrogen) atoms. The van der Waals surface area contributed by atoms with E-state index in [1.165, 1.54) is 11.9 Å². The van der Waals surface area contributed by atoms with Gasteiger partial charge in [0, 0.05) is 23.4 Å². The van der Waals surface area contributed by atoms with Crippen LogP contribution < -0.4 is 16.2 Å². The average Bonchev–Trinajstić information content (AvgIpc) is 2.61. The fraction of sp³-hybridized carbons (Fsp3) is 0.176. The highest BCUT2D eigenvalue weighted by molar-refractivity contribution is 8.00. The van der Waals surface area contributed by atoms with E-state index in [-0.39, 0.29) is 0 Å². The molecular formula is C17H23N3S. The van der Waals surface area contributed by atoms with Crippen molar-refractivity contribution in [3.05, 3.63) is 82.8 Å². The van der Waals surface area contributed by atoms with Crippen molar-refractivity contribution in [1.82, 2.24) is 4.72 Å². The minimum Gasteiger partial charge on any atom is -0.402 e. The maximum Gasteiger partial charge on any atom is 0.0533 e. The molecule has 0 radical (unpaired) electrons. The fourth-order valence-electron chi connectivity index (χ4n) is 1.64. The molecule has 4 heteroatoms. The third-order valence-electron chi connectivity index (χ3n) is 2.59. The van der Waals surface area contributed by atoms with Crippen LogP contribution in [0.5, 0.6) is 0 Å². The summed E-state index contributed by atoms with van der Waals surface area (Å²) in [7, 11) is 0. The van der Waals surface area contributed by atoms with Crippen molar-refractivity contribution >= 4 is 11.9 Å². The molecule has 0 atom stereocenters. The summed E-state index contributed by atoms with van der Waals surface area (Å²) in [5.41, 5.74) is 15.3. The molecule has 3 nitrogen and oxygen atoms in total. The van der Waals surface area contributed by atoms with Crippen LogP contribution in [0, 0.1) is 0 Å². The second-order valence-corrected chi connectivity index (χ2v) is 5.21. The first kappa shape index (κ1) is 17.0. The van der Waals surface area contributed by atoms with Crippen molar-refractivity contribution in [2.75, 3.05) is 0 Å². The predicted molar refractivity (Wildman–Crippen MR) is 94.8 cm³/mol. The molecule has 0 aromatic rings. The van der Waals surface area contributed by atoms with Gasteiger partial charge in [0.05, 0.1) is 5.70 Å². The van der Waals surface area contributed by atoms with E-state index in [1.807, 2.05) is 73.9 Å². The highest BCUT2D eigenvalue weighted by atomic mass is 32.2. The normalized spacial score (nSPS) is 17.0. The smallest absolute Gasteiger partial charge is 0.0533 e. The summed E-state index contributed by atoms with van der Waals surface area (Å²) in [6.45, 7) is 3.84. The van der Waals surface area contributed by atoms with Crippen molar-refractivity contribution < 1.29 is 0 Å². The van der Waals surface area contributed by atoms with E-state index >= 15 is 0 Å². The number of nitrogens with two attached hydrogens (primary N) is 2. The summed E-state index contributed by atoms with van der Waals surface area (Å²) >= 11 is 1.49. The molecule has 0 bridgehead atoms. The molecule has 0 heterocycles. The van der Waals surface area contributed by atoms with Crippen LogP contribution in [0.15, 0.2) is 82.8 Å². The molecule has 112 valence electrons. The standard InChI is InChI=1S/C17H23N3S/c1-3-4-5-6-9-12-21-20-17-11-8-7-10-16(19)15(17)13-14(2)18/h3-9,11-13,20H,10,18-19H2,1-2H3/b4-3-,6-5-,12-9+,14-13-. The van der Waals surface area contributed by atoms with Crippen molar-refractivity contribution in [1.29, 1.82) is 0 Å². The zero-order chi connectivity index (χ0) is 15.5. The molecule has 0 aromatic carbocycles. The summed E-state index contributed by atoms with van der Waals surface area (Å²) in [6.07, 6.45) is 18.6. The zero-order valence-corrected chi connectivity index (χ0v) is 13.4. The van der Waals surface area contributed by atoms with Crippen LogP contribution >= 0.6 is 11.9 Å². The quantitative estimate of drug-likeness (QED) is 0.516. The van der Waals surface area contributed by atoms with Gasteiger partial charge in [-0.3, -0.25) is 0 Å². The van der Waals surface area contributed by atoms with Crippen LogP contribution in [0.3, 0.4) is 0 Å². The van der Waals surface area contributed by atoms with Gasteiger partial charge in [0.25, 0.3) is 0 Å². The van der Waals surface area contributed by atoms with Gasteiger partial charge >= 0.3 is 0 Å². The van der Waals surface area contributed by atoms with E-state index in [1.54, 1.807) is 0 Å². The Balaban J connectivity index is 2.70. The molecule has 0 saturated carbocycles. The maximum absolute atomic E-state index is 6.10. The Kier molecular flexibility index (Phi) is 7.90. The Morgan fingerprint density at radius 1 is 1.29 bits per heavy atom. The van der Waals surface area contributed by atoms with Gasteiger partial charge in [0.1, 0.15) is 0 Å². The number of hydrogen-bond donors (Lipinski definition) is 3. The van der Waals surface area contributed by atoms with E-state index in [0.29, 0.717) is 0 Å². The Morgan fingerprint density at radius 3 is 2.76 bits per heavy atom. The van der Waals surface area contributed by atoms with E-state index < -0.39 is 0 Å².